The van der Waals surface area contributed by atoms with Crippen LogP contribution in [-0.2, 0) is 0 Å². The first-order chi connectivity index (χ1) is 8.08. The second-order valence-corrected chi connectivity index (χ2v) is 4.84. The third kappa shape index (κ3) is 4.02. The van der Waals surface area contributed by atoms with E-state index in [9.17, 15) is 4.79 Å². The van der Waals surface area contributed by atoms with E-state index < -0.39 is 5.91 Å². The summed E-state index contributed by atoms with van der Waals surface area (Å²) in [6, 6.07) is 5.58. The fourth-order valence-corrected chi connectivity index (χ4v) is 2.02. The molecule has 0 bridgehead atoms. The summed E-state index contributed by atoms with van der Waals surface area (Å²) >= 11 is 3.32. The first-order valence-electron chi connectivity index (χ1n) is 5.64. The zero-order chi connectivity index (χ0) is 12.8. The highest BCUT2D eigenvalue weighted by Gasteiger charge is 2.12. The van der Waals surface area contributed by atoms with Gasteiger partial charge in [0.1, 0.15) is 0 Å². The first kappa shape index (κ1) is 14.0. The average Bonchev–Trinajstić information content (AvgIpc) is 2.30. The van der Waals surface area contributed by atoms with E-state index in [1.165, 1.54) is 0 Å². The topological polar surface area (TPSA) is 81.1 Å². The molecule has 0 radical (unpaired) electrons. The van der Waals surface area contributed by atoms with Gasteiger partial charge in [-0.15, -0.1) is 0 Å². The van der Waals surface area contributed by atoms with E-state index in [2.05, 4.69) is 28.2 Å². The van der Waals surface area contributed by atoms with Gasteiger partial charge >= 0.3 is 0 Å². The summed E-state index contributed by atoms with van der Waals surface area (Å²) in [6.45, 7) is 2.63. The van der Waals surface area contributed by atoms with Gasteiger partial charge in [0.05, 0.1) is 5.56 Å². The minimum Gasteiger partial charge on any atom is -0.380 e. The summed E-state index contributed by atoms with van der Waals surface area (Å²) < 4.78 is 0.830. The smallest absolute Gasteiger partial charge is 0.250 e. The van der Waals surface area contributed by atoms with Crippen LogP contribution in [0.15, 0.2) is 22.7 Å². The van der Waals surface area contributed by atoms with Crippen molar-refractivity contribution in [1.29, 1.82) is 0 Å². The second-order valence-electron chi connectivity index (χ2n) is 3.92. The quantitative estimate of drug-likeness (QED) is 0.752. The first-order valence-corrected chi connectivity index (χ1v) is 6.43. The largest absolute Gasteiger partial charge is 0.380 e. The van der Waals surface area contributed by atoms with Gasteiger partial charge in [0, 0.05) is 22.7 Å². The zero-order valence-corrected chi connectivity index (χ0v) is 11.5. The summed E-state index contributed by atoms with van der Waals surface area (Å²) in [5.41, 5.74) is 12.2. The van der Waals surface area contributed by atoms with E-state index in [0.717, 1.165) is 23.0 Å². The third-order valence-electron chi connectivity index (χ3n) is 2.53. The maximum absolute atomic E-state index is 11.3. The predicted octanol–water partition coefficient (Wildman–Crippen LogP) is 2.09. The summed E-state index contributed by atoms with van der Waals surface area (Å²) in [7, 11) is 0. The van der Waals surface area contributed by atoms with Crippen LogP contribution in [-0.4, -0.2) is 18.5 Å². The van der Waals surface area contributed by atoms with Crippen LogP contribution >= 0.6 is 15.9 Å². The van der Waals surface area contributed by atoms with Crippen LogP contribution in [0.25, 0.3) is 0 Å². The van der Waals surface area contributed by atoms with Gasteiger partial charge in [-0.25, -0.2) is 0 Å². The summed E-state index contributed by atoms with van der Waals surface area (Å²) in [4.78, 5) is 11.3. The molecule has 0 saturated heterocycles. The Morgan fingerprint density at radius 3 is 2.76 bits per heavy atom. The zero-order valence-electron chi connectivity index (χ0n) is 9.87. The number of rotatable bonds is 6. The van der Waals surface area contributed by atoms with Crippen molar-refractivity contribution in [3.05, 3.63) is 28.2 Å². The summed E-state index contributed by atoms with van der Waals surface area (Å²) in [5, 5.41) is 3.26. The summed E-state index contributed by atoms with van der Waals surface area (Å²) in [5.74, 6) is -0.443. The molecule has 0 saturated carbocycles. The SMILES string of the molecule is CCCC(CN)Nc1ccc(Br)cc1C(N)=O. The normalized spacial score (nSPS) is 12.2. The number of amides is 1. The van der Waals surface area contributed by atoms with Crippen molar-refractivity contribution in [3.63, 3.8) is 0 Å². The molecule has 0 aliphatic rings. The van der Waals surface area contributed by atoms with Crippen LogP contribution < -0.4 is 16.8 Å². The highest BCUT2D eigenvalue weighted by atomic mass is 79.9. The molecule has 0 aromatic heterocycles. The van der Waals surface area contributed by atoms with E-state index in [-0.39, 0.29) is 6.04 Å². The van der Waals surface area contributed by atoms with Gasteiger partial charge in [0.2, 0.25) is 0 Å². The van der Waals surface area contributed by atoms with Gasteiger partial charge in [-0.1, -0.05) is 29.3 Å². The van der Waals surface area contributed by atoms with E-state index in [1.807, 2.05) is 12.1 Å². The Kier molecular flexibility index (Phi) is 5.44. The van der Waals surface area contributed by atoms with Crippen LogP contribution in [0.3, 0.4) is 0 Å². The van der Waals surface area contributed by atoms with Gasteiger partial charge < -0.3 is 16.8 Å². The molecule has 4 nitrogen and oxygen atoms in total. The molecule has 1 rings (SSSR count). The molecule has 1 aromatic carbocycles. The molecule has 17 heavy (non-hydrogen) atoms. The van der Waals surface area contributed by atoms with Gasteiger partial charge in [-0.3, -0.25) is 4.79 Å². The number of carbonyl (C=O) groups excluding carboxylic acids is 1. The number of anilines is 1. The minimum absolute atomic E-state index is 0.166. The molecular formula is C12H18BrN3O. The van der Waals surface area contributed by atoms with Crippen LogP contribution in [0, 0.1) is 0 Å². The Labute approximate surface area is 110 Å². The Morgan fingerprint density at radius 2 is 2.24 bits per heavy atom. The fourth-order valence-electron chi connectivity index (χ4n) is 1.66. The molecule has 1 unspecified atom stereocenters. The Bertz CT molecular complexity index is 395. The minimum atomic E-state index is -0.443. The van der Waals surface area contributed by atoms with Crippen LogP contribution in [0.1, 0.15) is 30.1 Å². The monoisotopic (exact) mass is 299 g/mol. The molecule has 0 aliphatic carbocycles. The Hall–Kier alpha value is -1.07. The lowest BCUT2D eigenvalue weighted by Gasteiger charge is -2.19. The van der Waals surface area contributed by atoms with Gasteiger partial charge in [0.25, 0.3) is 5.91 Å². The summed E-state index contributed by atoms with van der Waals surface area (Å²) in [6.07, 6.45) is 2.00. The van der Waals surface area contributed by atoms with Crippen molar-refractivity contribution in [1.82, 2.24) is 0 Å². The molecule has 0 fully saturated rings. The highest BCUT2D eigenvalue weighted by molar-refractivity contribution is 9.10. The lowest BCUT2D eigenvalue weighted by Crippen LogP contribution is -2.29. The Balaban J connectivity index is 2.92. The van der Waals surface area contributed by atoms with Crippen LogP contribution in [0.4, 0.5) is 5.69 Å². The molecule has 5 heteroatoms. The number of nitrogens with two attached hydrogens (primary N) is 2. The molecular weight excluding hydrogens is 282 g/mol. The lowest BCUT2D eigenvalue weighted by molar-refractivity contribution is 0.100. The van der Waals surface area contributed by atoms with E-state index in [0.29, 0.717) is 12.1 Å². The van der Waals surface area contributed by atoms with E-state index in [1.54, 1.807) is 6.07 Å². The lowest BCUT2D eigenvalue weighted by atomic mass is 10.1. The maximum Gasteiger partial charge on any atom is 0.250 e. The number of hydrogen-bond donors (Lipinski definition) is 3. The molecule has 0 heterocycles. The molecule has 5 N–H and O–H groups in total. The van der Waals surface area contributed by atoms with Crippen LogP contribution in [0.2, 0.25) is 0 Å². The van der Waals surface area contributed by atoms with Crippen molar-refractivity contribution in [2.24, 2.45) is 11.5 Å². The Morgan fingerprint density at radius 1 is 1.53 bits per heavy atom. The van der Waals surface area contributed by atoms with Crippen molar-refractivity contribution in [2.45, 2.75) is 25.8 Å². The average molecular weight is 300 g/mol. The standard InChI is InChI=1S/C12H18BrN3O/c1-2-3-9(7-14)16-11-5-4-8(13)6-10(11)12(15)17/h4-6,9,16H,2-3,7,14H2,1H3,(H2,15,17). The number of primary amides is 1. The van der Waals surface area contributed by atoms with Gasteiger partial charge in [-0.2, -0.15) is 0 Å². The second kappa shape index (κ2) is 6.61. The third-order valence-corrected chi connectivity index (χ3v) is 3.02. The highest BCUT2D eigenvalue weighted by Crippen LogP contribution is 2.21. The number of carbonyl (C=O) groups is 1. The van der Waals surface area contributed by atoms with Gasteiger partial charge in [-0.05, 0) is 24.6 Å². The molecule has 94 valence electrons. The van der Waals surface area contributed by atoms with Crippen molar-refractivity contribution < 1.29 is 4.79 Å². The van der Waals surface area contributed by atoms with Gasteiger partial charge in [0.15, 0.2) is 0 Å². The number of nitrogens with one attached hydrogen (secondary N) is 1. The van der Waals surface area contributed by atoms with E-state index >= 15 is 0 Å². The fraction of sp³-hybridized carbons (Fsp3) is 0.417. The molecule has 0 aliphatic heterocycles. The molecule has 1 amide bonds. The molecule has 1 atom stereocenters. The molecule has 0 spiro atoms. The van der Waals surface area contributed by atoms with Crippen molar-refractivity contribution >= 4 is 27.5 Å². The molecule has 1 aromatic rings. The number of benzene rings is 1. The maximum atomic E-state index is 11.3. The van der Waals surface area contributed by atoms with Crippen molar-refractivity contribution in [2.75, 3.05) is 11.9 Å². The predicted molar refractivity (Wildman–Crippen MR) is 74.0 cm³/mol. The number of halogens is 1. The van der Waals surface area contributed by atoms with Crippen LogP contribution in [0.5, 0.6) is 0 Å². The number of hydrogen-bond acceptors (Lipinski definition) is 3. The van der Waals surface area contributed by atoms with E-state index in [4.69, 9.17) is 11.5 Å². The van der Waals surface area contributed by atoms with Crippen molar-refractivity contribution in [3.8, 4) is 0 Å².